The Bertz CT molecular complexity index is 852. The van der Waals surface area contributed by atoms with Crippen LogP contribution in [0.5, 0.6) is 0 Å². The number of nitrogens with one attached hydrogen (secondary N) is 1. The van der Waals surface area contributed by atoms with Crippen molar-refractivity contribution < 1.29 is 4.39 Å². The van der Waals surface area contributed by atoms with Gasteiger partial charge < -0.3 is 10.7 Å². The van der Waals surface area contributed by atoms with Gasteiger partial charge in [0.25, 0.3) is 5.56 Å². The van der Waals surface area contributed by atoms with E-state index < -0.39 is 0 Å². The highest BCUT2D eigenvalue weighted by Gasteiger charge is 2.11. The van der Waals surface area contributed by atoms with Gasteiger partial charge in [-0.2, -0.15) is 4.98 Å². The Morgan fingerprint density at radius 3 is 3.00 bits per heavy atom. The van der Waals surface area contributed by atoms with Crippen molar-refractivity contribution in [3.63, 3.8) is 0 Å². The van der Waals surface area contributed by atoms with E-state index in [4.69, 9.17) is 5.73 Å². The summed E-state index contributed by atoms with van der Waals surface area (Å²) in [6.45, 7) is 1.84. The van der Waals surface area contributed by atoms with Crippen molar-refractivity contribution in [3.8, 4) is 0 Å². The summed E-state index contributed by atoms with van der Waals surface area (Å²) >= 11 is 0. The number of fused-ring (bicyclic) bond motifs is 1. The van der Waals surface area contributed by atoms with E-state index in [2.05, 4.69) is 15.0 Å². The van der Waals surface area contributed by atoms with E-state index in [9.17, 15) is 9.18 Å². The van der Waals surface area contributed by atoms with Crippen LogP contribution in [0.3, 0.4) is 0 Å². The molecule has 7 heteroatoms. The molecule has 0 aliphatic rings. The second-order valence-corrected chi connectivity index (χ2v) is 4.55. The van der Waals surface area contributed by atoms with Crippen molar-refractivity contribution in [2.45, 2.75) is 13.5 Å². The highest BCUT2D eigenvalue weighted by Crippen LogP contribution is 2.12. The predicted octanol–water partition coefficient (Wildman–Crippen LogP) is 1.20. The molecule has 0 aliphatic carbocycles. The van der Waals surface area contributed by atoms with Crippen molar-refractivity contribution in [1.29, 1.82) is 0 Å². The molecule has 3 aromatic rings. The number of nitrogens with zero attached hydrogens (tertiary/aromatic N) is 3. The number of aromatic nitrogens is 4. The van der Waals surface area contributed by atoms with E-state index in [0.717, 1.165) is 0 Å². The predicted molar refractivity (Wildman–Crippen MR) is 72.8 cm³/mol. The molecule has 0 bridgehead atoms. The average molecular weight is 273 g/mol. The molecule has 2 heterocycles. The summed E-state index contributed by atoms with van der Waals surface area (Å²) in [4.78, 5) is 22.9. The molecule has 1 aromatic carbocycles. The van der Waals surface area contributed by atoms with E-state index in [1.54, 1.807) is 19.1 Å². The van der Waals surface area contributed by atoms with Gasteiger partial charge in [-0.15, -0.1) is 0 Å². The number of H-pyrrole nitrogens is 1. The molecule has 20 heavy (non-hydrogen) atoms. The minimum atomic E-state index is -0.328. The topological polar surface area (TPSA) is 89.6 Å². The molecule has 0 spiro atoms. The van der Waals surface area contributed by atoms with Gasteiger partial charge in [-0.25, -0.2) is 9.37 Å². The van der Waals surface area contributed by atoms with Crippen LogP contribution in [-0.2, 0) is 6.54 Å². The number of hydrogen-bond acceptors (Lipinski definition) is 4. The maximum absolute atomic E-state index is 13.5. The largest absolute Gasteiger partial charge is 0.369 e. The smallest absolute Gasteiger partial charge is 0.281 e. The van der Waals surface area contributed by atoms with Gasteiger partial charge in [-0.05, 0) is 24.1 Å². The van der Waals surface area contributed by atoms with Crippen LogP contribution >= 0.6 is 0 Å². The molecular weight excluding hydrogens is 261 g/mol. The van der Waals surface area contributed by atoms with Gasteiger partial charge in [-0.3, -0.25) is 9.36 Å². The van der Waals surface area contributed by atoms with Crippen LogP contribution in [0.25, 0.3) is 11.2 Å². The average Bonchev–Trinajstić information content (AvgIpc) is 2.87. The second kappa shape index (κ2) is 4.44. The summed E-state index contributed by atoms with van der Waals surface area (Å²) < 4.78 is 14.8. The number of benzene rings is 1. The molecular formula is C13H12FN5O. The van der Waals surface area contributed by atoms with Crippen LogP contribution < -0.4 is 11.3 Å². The van der Waals surface area contributed by atoms with Crippen molar-refractivity contribution >= 4 is 17.1 Å². The van der Waals surface area contributed by atoms with E-state index in [0.29, 0.717) is 11.1 Å². The summed E-state index contributed by atoms with van der Waals surface area (Å²) in [5.41, 5.74) is 7.19. The Morgan fingerprint density at radius 1 is 1.45 bits per heavy atom. The third-order valence-corrected chi connectivity index (χ3v) is 3.15. The summed E-state index contributed by atoms with van der Waals surface area (Å²) in [7, 11) is 0. The number of aryl methyl sites for hydroxylation is 1. The lowest BCUT2D eigenvalue weighted by Crippen LogP contribution is -2.25. The number of anilines is 1. The normalized spacial score (nSPS) is 11.1. The molecule has 0 amide bonds. The fourth-order valence-corrected chi connectivity index (χ4v) is 2.01. The Labute approximate surface area is 113 Å². The summed E-state index contributed by atoms with van der Waals surface area (Å²) in [6, 6.07) is 4.80. The van der Waals surface area contributed by atoms with Gasteiger partial charge in [0.1, 0.15) is 5.82 Å². The van der Waals surface area contributed by atoms with Crippen LogP contribution in [0.1, 0.15) is 11.1 Å². The quantitative estimate of drug-likeness (QED) is 0.734. The fourth-order valence-electron chi connectivity index (χ4n) is 2.01. The second-order valence-electron chi connectivity index (χ2n) is 4.55. The lowest BCUT2D eigenvalue weighted by atomic mass is 10.1. The van der Waals surface area contributed by atoms with Crippen LogP contribution in [0.4, 0.5) is 10.3 Å². The summed E-state index contributed by atoms with van der Waals surface area (Å²) in [6.07, 6.45) is 1.38. The first-order chi connectivity index (χ1) is 9.56. The van der Waals surface area contributed by atoms with Gasteiger partial charge in [0.15, 0.2) is 11.2 Å². The molecule has 0 radical (unpaired) electrons. The zero-order valence-corrected chi connectivity index (χ0v) is 10.7. The van der Waals surface area contributed by atoms with Crippen LogP contribution in [0, 0.1) is 12.7 Å². The number of hydrogen-bond donors (Lipinski definition) is 2. The van der Waals surface area contributed by atoms with E-state index in [-0.39, 0.29) is 35.0 Å². The van der Waals surface area contributed by atoms with E-state index in [1.807, 2.05) is 0 Å². The monoisotopic (exact) mass is 273 g/mol. The Hall–Kier alpha value is -2.70. The molecule has 0 saturated carbocycles. The standard InChI is InChI=1S/C13H12FN5O/c1-7-2-3-8(4-9(7)14)5-19-12(20)10-11(17-6-16-10)18-13(19)15/h2-4,6H,5H2,1H3,(H2,15,18)(H,16,17). The number of imidazole rings is 1. The Morgan fingerprint density at radius 2 is 2.25 bits per heavy atom. The van der Waals surface area contributed by atoms with Gasteiger partial charge in [0.05, 0.1) is 12.9 Å². The molecule has 3 N–H and O–H groups in total. The van der Waals surface area contributed by atoms with Gasteiger partial charge in [-0.1, -0.05) is 12.1 Å². The van der Waals surface area contributed by atoms with Gasteiger partial charge in [0, 0.05) is 0 Å². The highest BCUT2D eigenvalue weighted by atomic mass is 19.1. The molecule has 6 nitrogen and oxygen atoms in total. The molecule has 0 fully saturated rings. The van der Waals surface area contributed by atoms with Crippen LogP contribution in [0.15, 0.2) is 29.3 Å². The molecule has 102 valence electrons. The highest BCUT2D eigenvalue weighted by molar-refractivity contribution is 5.69. The zero-order chi connectivity index (χ0) is 14.3. The maximum Gasteiger partial charge on any atom is 0.281 e. The lowest BCUT2D eigenvalue weighted by Gasteiger charge is -2.09. The summed E-state index contributed by atoms with van der Waals surface area (Å²) in [5.74, 6) is -0.264. The molecule has 2 aromatic heterocycles. The van der Waals surface area contributed by atoms with Gasteiger partial charge in [0.2, 0.25) is 5.95 Å². The molecule has 0 atom stereocenters. The van der Waals surface area contributed by atoms with Crippen molar-refractivity contribution in [3.05, 3.63) is 51.8 Å². The van der Waals surface area contributed by atoms with Crippen molar-refractivity contribution in [1.82, 2.24) is 19.5 Å². The lowest BCUT2D eigenvalue weighted by molar-refractivity contribution is 0.613. The third kappa shape index (κ3) is 1.93. The van der Waals surface area contributed by atoms with Crippen molar-refractivity contribution in [2.75, 3.05) is 5.73 Å². The van der Waals surface area contributed by atoms with E-state index >= 15 is 0 Å². The minimum Gasteiger partial charge on any atom is -0.369 e. The first-order valence-electron chi connectivity index (χ1n) is 6.00. The summed E-state index contributed by atoms with van der Waals surface area (Å²) in [5, 5.41) is 0. The van der Waals surface area contributed by atoms with Crippen molar-refractivity contribution in [2.24, 2.45) is 0 Å². The van der Waals surface area contributed by atoms with Crippen LogP contribution in [-0.4, -0.2) is 19.5 Å². The number of rotatable bonds is 2. The van der Waals surface area contributed by atoms with E-state index in [1.165, 1.54) is 17.0 Å². The Balaban J connectivity index is 2.10. The zero-order valence-electron chi connectivity index (χ0n) is 10.7. The van der Waals surface area contributed by atoms with Gasteiger partial charge >= 0.3 is 0 Å². The van der Waals surface area contributed by atoms with Crippen LogP contribution in [0.2, 0.25) is 0 Å². The SMILES string of the molecule is Cc1ccc(Cn2c(N)nc3nc[nH]c3c2=O)cc1F. The molecule has 0 aliphatic heterocycles. The number of halogens is 1. The first-order valence-corrected chi connectivity index (χ1v) is 6.00. The number of nitrogen functional groups attached to an aromatic ring is 1. The third-order valence-electron chi connectivity index (χ3n) is 3.15. The number of nitrogens with two attached hydrogens (primary N) is 1. The fraction of sp³-hybridized carbons (Fsp3) is 0.154. The molecule has 3 rings (SSSR count). The Kier molecular flexibility index (Phi) is 2.74. The first kappa shape index (κ1) is 12.3. The number of aromatic amines is 1. The minimum absolute atomic E-state index is 0.0515. The maximum atomic E-state index is 13.5. The molecule has 0 saturated heterocycles. The molecule has 0 unspecified atom stereocenters.